The van der Waals surface area contributed by atoms with Crippen molar-refractivity contribution in [3.05, 3.63) is 17.5 Å². The molecular formula is C12H21F2N3O. The van der Waals surface area contributed by atoms with Crippen molar-refractivity contribution in [2.75, 3.05) is 19.8 Å². The number of aryl methyl sites for hydroxylation is 1. The van der Waals surface area contributed by atoms with Gasteiger partial charge in [-0.2, -0.15) is 5.10 Å². The smallest absolute Gasteiger partial charge is 0.261 e. The molecule has 1 aromatic heterocycles. The monoisotopic (exact) mass is 261 g/mol. The zero-order chi connectivity index (χ0) is 13.5. The summed E-state index contributed by atoms with van der Waals surface area (Å²) in [6, 6.07) is 0. The van der Waals surface area contributed by atoms with E-state index in [1.807, 2.05) is 13.2 Å². The van der Waals surface area contributed by atoms with Crippen molar-refractivity contribution in [2.24, 2.45) is 7.05 Å². The van der Waals surface area contributed by atoms with Gasteiger partial charge in [-0.1, -0.05) is 13.8 Å². The number of rotatable bonds is 8. The van der Waals surface area contributed by atoms with Crippen molar-refractivity contribution >= 4 is 0 Å². The van der Waals surface area contributed by atoms with E-state index in [-0.39, 0.29) is 0 Å². The molecule has 0 aliphatic rings. The molecule has 0 saturated carbocycles. The lowest BCUT2D eigenvalue weighted by Crippen LogP contribution is -2.21. The van der Waals surface area contributed by atoms with Gasteiger partial charge in [0.2, 0.25) is 0 Å². The number of alkyl halides is 2. The highest BCUT2D eigenvalue weighted by Crippen LogP contribution is 2.16. The highest BCUT2D eigenvalue weighted by Gasteiger charge is 2.10. The number of nitrogens with one attached hydrogen (secondary N) is 1. The van der Waals surface area contributed by atoms with Crippen LogP contribution in [0.5, 0.6) is 0 Å². The molecule has 6 heteroatoms. The Morgan fingerprint density at radius 3 is 2.78 bits per heavy atom. The average molecular weight is 261 g/mol. The molecule has 0 spiro atoms. The molecule has 0 aliphatic heterocycles. The van der Waals surface area contributed by atoms with E-state index in [2.05, 4.69) is 24.3 Å². The quantitative estimate of drug-likeness (QED) is 0.727. The Balaban J connectivity index is 2.27. The number of hydrogen-bond acceptors (Lipinski definition) is 3. The van der Waals surface area contributed by atoms with Crippen LogP contribution in [0.4, 0.5) is 8.78 Å². The Labute approximate surface area is 106 Å². The van der Waals surface area contributed by atoms with Gasteiger partial charge >= 0.3 is 0 Å². The number of nitrogens with zero attached hydrogens (tertiary/aromatic N) is 2. The van der Waals surface area contributed by atoms with Gasteiger partial charge in [0.1, 0.15) is 6.61 Å². The van der Waals surface area contributed by atoms with Crippen molar-refractivity contribution in [1.82, 2.24) is 15.1 Å². The molecule has 18 heavy (non-hydrogen) atoms. The molecule has 4 nitrogen and oxygen atoms in total. The molecule has 0 amide bonds. The number of hydrogen-bond donors (Lipinski definition) is 1. The van der Waals surface area contributed by atoms with E-state index < -0.39 is 13.0 Å². The van der Waals surface area contributed by atoms with Crippen LogP contribution in [0.15, 0.2) is 6.20 Å². The normalized spacial score (nSPS) is 11.7. The minimum absolute atomic E-state index is 0.293. The van der Waals surface area contributed by atoms with Gasteiger partial charge in [-0.3, -0.25) is 4.68 Å². The summed E-state index contributed by atoms with van der Waals surface area (Å²) in [7, 11) is 1.89. The minimum atomic E-state index is -2.39. The van der Waals surface area contributed by atoms with E-state index >= 15 is 0 Å². The van der Waals surface area contributed by atoms with Crippen LogP contribution in [-0.4, -0.2) is 36.0 Å². The molecule has 0 unspecified atom stereocenters. The second-order valence-electron chi connectivity index (χ2n) is 4.51. The van der Waals surface area contributed by atoms with Crippen LogP contribution in [0.2, 0.25) is 0 Å². The molecule has 0 aromatic carbocycles. The summed E-state index contributed by atoms with van der Waals surface area (Å²) in [6.45, 7) is 5.22. The highest BCUT2D eigenvalue weighted by molar-refractivity contribution is 5.19. The largest absolute Gasteiger partial charge is 0.374 e. The minimum Gasteiger partial charge on any atom is -0.374 e. The molecule has 0 atom stereocenters. The van der Waals surface area contributed by atoms with E-state index in [9.17, 15) is 8.78 Å². The highest BCUT2D eigenvalue weighted by atomic mass is 19.3. The number of halogens is 2. The van der Waals surface area contributed by atoms with Gasteiger partial charge in [-0.15, -0.1) is 0 Å². The number of ether oxygens (including phenoxy) is 1. The second-order valence-corrected chi connectivity index (χ2v) is 4.51. The van der Waals surface area contributed by atoms with Gasteiger partial charge in [0.15, 0.2) is 0 Å². The van der Waals surface area contributed by atoms with Crippen molar-refractivity contribution in [3.8, 4) is 0 Å². The lowest BCUT2D eigenvalue weighted by Gasteiger charge is -2.07. The second kappa shape index (κ2) is 7.43. The van der Waals surface area contributed by atoms with E-state index in [4.69, 9.17) is 4.74 Å². The Morgan fingerprint density at radius 2 is 2.17 bits per heavy atom. The summed E-state index contributed by atoms with van der Waals surface area (Å²) >= 11 is 0. The fourth-order valence-corrected chi connectivity index (χ4v) is 1.72. The molecule has 0 radical (unpaired) electrons. The summed E-state index contributed by atoms with van der Waals surface area (Å²) in [5.74, 6) is 0.373. The summed E-state index contributed by atoms with van der Waals surface area (Å²) in [4.78, 5) is 0. The molecule has 0 fully saturated rings. The predicted octanol–water partition coefficient (Wildman–Crippen LogP) is 1.91. The lowest BCUT2D eigenvalue weighted by molar-refractivity contribution is 0.0187. The predicted molar refractivity (Wildman–Crippen MR) is 65.8 cm³/mol. The molecule has 104 valence electrons. The summed E-state index contributed by atoms with van der Waals surface area (Å²) in [6.07, 6.45) is -0.418. The fraction of sp³-hybridized carbons (Fsp3) is 0.750. The molecular weight excluding hydrogens is 240 g/mol. The summed E-state index contributed by atoms with van der Waals surface area (Å²) in [5.41, 5.74) is 2.21. The zero-order valence-corrected chi connectivity index (χ0v) is 11.1. The summed E-state index contributed by atoms with van der Waals surface area (Å²) < 4.78 is 30.2. The van der Waals surface area contributed by atoms with Crippen LogP contribution >= 0.6 is 0 Å². The van der Waals surface area contributed by atoms with Crippen LogP contribution in [0.1, 0.15) is 31.0 Å². The topological polar surface area (TPSA) is 39.1 Å². The Kier molecular flexibility index (Phi) is 6.21. The average Bonchev–Trinajstić information content (AvgIpc) is 2.64. The first-order valence-electron chi connectivity index (χ1n) is 6.09. The molecule has 0 bridgehead atoms. The SMILES string of the molecule is CC(C)c1nn(C)cc1CNCCOCC(F)F. The van der Waals surface area contributed by atoms with Crippen LogP contribution in [0, 0.1) is 0 Å². The van der Waals surface area contributed by atoms with E-state index in [0.717, 1.165) is 11.3 Å². The Morgan fingerprint density at radius 1 is 1.44 bits per heavy atom. The van der Waals surface area contributed by atoms with Crippen molar-refractivity contribution < 1.29 is 13.5 Å². The third kappa shape index (κ3) is 5.10. The fourth-order valence-electron chi connectivity index (χ4n) is 1.72. The first-order valence-corrected chi connectivity index (χ1v) is 6.09. The third-order valence-corrected chi connectivity index (χ3v) is 2.47. The van der Waals surface area contributed by atoms with Gasteiger partial charge in [0, 0.05) is 31.9 Å². The van der Waals surface area contributed by atoms with Crippen molar-refractivity contribution in [3.63, 3.8) is 0 Å². The first-order chi connectivity index (χ1) is 8.50. The van der Waals surface area contributed by atoms with Gasteiger partial charge in [0.25, 0.3) is 6.43 Å². The third-order valence-electron chi connectivity index (χ3n) is 2.47. The standard InChI is InChI=1S/C12H21F2N3O/c1-9(2)12-10(7-17(3)16-12)6-15-4-5-18-8-11(13)14/h7,9,11,15H,4-6,8H2,1-3H3. The van der Waals surface area contributed by atoms with Crippen LogP contribution in [-0.2, 0) is 18.3 Å². The molecule has 1 rings (SSSR count). The molecule has 0 aliphatic carbocycles. The lowest BCUT2D eigenvalue weighted by atomic mass is 10.1. The summed E-state index contributed by atoms with van der Waals surface area (Å²) in [5, 5.41) is 7.56. The van der Waals surface area contributed by atoms with Crippen molar-refractivity contribution in [1.29, 1.82) is 0 Å². The molecule has 1 aromatic rings. The van der Waals surface area contributed by atoms with Crippen molar-refractivity contribution in [2.45, 2.75) is 32.7 Å². The maximum Gasteiger partial charge on any atom is 0.261 e. The van der Waals surface area contributed by atoms with Gasteiger partial charge < -0.3 is 10.1 Å². The van der Waals surface area contributed by atoms with Crippen LogP contribution in [0.3, 0.4) is 0 Å². The number of aromatic nitrogens is 2. The van der Waals surface area contributed by atoms with Crippen LogP contribution < -0.4 is 5.32 Å². The Bertz CT molecular complexity index is 353. The first kappa shape index (κ1) is 15.0. The van der Waals surface area contributed by atoms with Gasteiger partial charge in [0.05, 0.1) is 12.3 Å². The maximum absolute atomic E-state index is 11.8. The molecule has 1 heterocycles. The Hall–Kier alpha value is -1.01. The maximum atomic E-state index is 11.8. The van der Waals surface area contributed by atoms with Crippen LogP contribution in [0.25, 0.3) is 0 Å². The van der Waals surface area contributed by atoms with Gasteiger partial charge in [-0.05, 0) is 5.92 Å². The van der Waals surface area contributed by atoms with E-state index in [0.29, 0.717) is 25.6 Å². The van der Waals surface area contributed by atoms with E-state index in [1.54, 1.807) is 4.68 Å². The molecule has 1 N–H and O–H groups in total. The van der Waals surface area contributed by atoms with Gasteiger partial charge in [-0.25, -0.2) is 8.78 Å². The molecule has 0 saturated heterocycles. The zero-order valence-electron chi connectivity index (χ0n) is 11.1. The van der Waals surface area contributed by atoms with E-state index in [1.165, 1.54) is 0 Å².